The highest BCUT2D eigenvalue weighted by molar-refractivity contribution is 4.89. The molecule has 0 aliphatic heterocycles. The molecule has 0 spiro atoms. The standard InChI is InChI=1S/C9H18O4/c10-2-6-1-7(3-11)9(5-13)8(6)4-12/h6-13H,1-5H2/t6-,7-,8-,9-/m1/s1. The maximum absolute atomic E-state index is 9.08. The average Bonchev–Trinajstić information content (AvgIpc) is 2.54. The summed E-state index contributed by atoms with van der Waals surface area (Å²) in [5.74, 6) is -0.0714. The second-order valence-corrected chi connectivity index (χ2v) is 3.81. The van der Waals surface area contributed by atoms with Gasteiger partial charge in [-0.05, 0) is 30.1 Å². The van der Waals surface area contributed by atoms with E-state index in [2.05, 4.69) is 0 Å². The molecule has 4 nitrogen and oxygen atoms in total. The molecular formula is C9H18O4. The molecule has 1 saturated carbocycles. The molecular weight excluding hydrogens is 172 g/mol. The minimum atomic E-state index is -0.0628. The quantitative estimate of drug-likeness (QED) is 0.450. The van der Waals surface area contributed by atoms with Gasteiger partial charge in [0.2, 0.25) is 0 Å². The smallest absolute Gasteiger partial charge is 0.0466 e. The van der Waals surface area contributed by atoms with Crippen LogP contribution in [0.1, 0.15) is 6.42 Å². The molecule has 0 radical (unpaired) electrons. The Hall–Kier alpha value is -0.160. The Morgan fingerprint density at radius 1 is 0.692 bits per heavy atom. The van der Waals surface area contributed by atoms with Crippen LogP contribution in [0.2, 0.25) is 0 Å². The molecule has 4 N–H and O–H groups in total. The minimum Gasteiger partial charge on any atom is -0.396 e. The minimum absolute atomic E-state index is 0.0209. The predicted molar refractivity (Wildman–Crippen MR) is 46.9 cm³/mol. The van der Waals surface area contributed by atoms with Crippen LogP contribution in [0, 0.1) is 23.7 Å². The van der Waals surface area contributed by atoms with E-state index in [9.17, 15) is 0 Å². The first kappa shape index (κ1) is 10.9. The van der Waals surface area contributed by atoms with Gasteiger partial charge in [0, 0.05) is 26.4 Å². The molecule has 78 valence electrons. The second-order valence-electron chi connectivity index (χ2n) is 3.81. The summed E-state index contributed by atoms with van der Waals surface area (Å²) in [6.45, 7) is 0.0103. The normalized spacial score (nSPS) is 39.7. The fraction of sp³-hybridized carbons (Fsp3) is 1.00. The van der Waals surface area contributed by atoms with Crippen LogP contribution in [0.3, 0.4) is 0 Å². The van der Waals surface area contributed by atoms with Crippen LogP contribution in [0.15, 0.2) is 0 Å². The lowest BCUT2D eigenvalue weighted by Gasteiger charge is -2.21. The van der Waals surface area contributed by atoms with Crippen LogP contribution in [-0.2, 0) is 0 Å². The fourth-order valence-electron chi connectivity index (χ4n) is 2.43. The summed E-state index contributed by atoms with van der Waals surface area (Å²) < 4.78 is 0. The maximum Gasteiger partial charge on any atom is 0.0466 e. The molecule has 1 rings (SSSR count). The Labute approximate surface area is 77.8 Å². The van der Waals surface area contributed by atoms with Crippen LogP contribution < -0.4 is 0 Å². The van der Waals surface area contributed by atoms with Crippen LogP contribution >= 0.6 is 0 Å². The molecule has 0 aromatic carbocycles. The van der Waals surface area contributed by atoms with E-state index in [0.717, 1.165) is 0 Å². The van der Waals surface area contributed by atoms with Crippen LogP contribution in [-0.4, -0.2) is 46.9 Å². The van der Waals surface area contributed by atoms with Crippen molar-refractivity contribution in [2.24, 2.45) is 23.7 Å². The van der Waals surface area contributed by atoms with Crippen molar-refractivity contribution in [3.63, 3.8) is 0 Å². The molecule has 1 fully saturated rings. The summed E-state index contributed by atoms with van der Waals surface area (Å²) in [6, 6.07) is 0. The van der Waals surface area contributed by atoms with Gasteiger partial charge >= 0.3 is 0 Å². The van der Waals surface area contributed by atoms with Crippen molar-refractivity contribution >= 4 is 0 Å². The number of hydrogen-bond acceptors (Lipinski definition) is 4. The first-order chi connectivity index (χ1) is 6.28. The molecule has 0 saturated heterocycles. The number of aliphatic hydroxyl groups excluding tert-OH is 4. The zero-order valence-electron chi connectivity index (χ0n) is 7.63. The van der Waals surface area contributed by atoms with E-state index >= 15 is 0 Å². The van der Waals surface area contributed by atoms with E-state index in [0.29, 0.717) is 6.42 Å². The molecule has 0 aromatic heterocycles. The van der Waals surface area contributed by atoms with Gasteiger partial charge in [0.15, 0.2) is 0 Å². The van der Waals surface area contributed by atoms with Crippen LogP contribution in [0.5, 0.6) is 0 Å². The van der Waals surface area contributed by atoms with Gasteiger partial charge in [-0.2, -0.15) is 0 Å². The maximum atomic E-state index is 9.08. The Morgan fingerprint density at radius 2 is 1.08 bits per heavy atom. The molecule has 0 heterocycles. The van der Waals surface area contributed by atoms with E-state index in [-0.39, 0.29) is 50.1 Å². The van der Waals surface area contributed by atoms with Gasteiger partial charge < -0.3 is 20.4 Å². The van der Waals surface area contributed by atoms with Gasteiger partial charge in [0.1, 0.15) is 0 Å². The Balaban J connectivity index is 2.65. The zero-order valence-corrected chi connectivity index (χ0v) is 7.63. The molecule has 0 amide bonds. The summed E-state index contributed by atoms with van der Waals surface area (Å²) >= 11 is 0. The van der Waals surface area contributed by atoms with Gasteiger partial charge in [-0.3, -0.25) is 0 Å². The number of rotatable bonds is 4. The zero-order chi connectivity index (χ0) is 9.84. The Kier molecular flexibility index (Phi) is 4.12. The van der Waals surface area contributed by atoms with Gasteiger partial charge in [-0.1, -0.05) is 0 Å². The van der Waals surface area contributed by atoms with Crippen molar-refractivity contribution in [1.29, 1.82) is 0 Å². The van der Waals surface area contributed by atoms with E-state index in [1.165, 1.54) is 0 Å². The van der Waals surface area contributed by atoms with E-state index in [1.807, 2.05) is 0 Å². The number of aliphatic hydroxyl groups is 4. The third-order valence-electron chi connectivity index (χ3n) is 3.26. The molecule has 0 bridgehead atoms. The summed E-state index contributed by atoms with van der Waals surface area (Å²) in [6.07, 6.45) is 0.698. The SMILES string of the molecule is OC[C@H]1C[C@H](CO)[C@@H](CO)[C@@H]1CO. The number of hydrogen-bond donors (Lipinski definition) is 4. The largest absolute Gasteiger partial charge is 0.396 e. The van der Waals surface area contributed by atoms with Crippen molar-refractivity contribution in [1.82, 2.24) is 0 Å². The van der Waals surface area contributed by atoms with Gasteiger partial charge in [-0.25, -0.2) is 0 Å². The van der Waals surface area contributed by atoms with Crippen molar-refractivity contribution in [3.05, 3.63) is 0 Å². The van der Waals surface area contributed by atoms with Crippen molar-refractivity contribution in [2.75, 3.05) is 26.4 Å². The summed E-state index contributed by atoms with van der Waals surface area (Å²) in [5.41, 5.74) is 0. The van der Waals surface area contributed by atoms with Crippen molar-refractivity contribution < 1.29 is 20.4 Å². The summed E-state index contributed by atoms with van der Waals surface area (Å²) in [5, 5.41) is 36.2. The van der Waals surface area contributed by atoms with Crippen molar-refractivity contribution in [3.8, 4) is 0 Å². The molecule has 1 aliphatic carbocycles. The highest BCUT2D eigenvalue weighted by Crippen LogP contribution is 2.40. The lowest BCUT2D eigenvalue weighted by molar-refractivity contribution is 0.0739. The molecule has 13 heavy (non-hydrogen) atoms. The third kappa shape index (κ3) is 2.02. The molecule has 0 aromatic rings. The van der Waals surface area contributed by atoms with Crippen molar-refractivity contribution in [2.45, 2.75) is 6.42 Å². The van der Waals surface area contributed by atoms with Gasteiger partial charge in [0.05, 0.1) is 0 Å². The predicted octanol–water partition coefficient (Wildman–Crippen LogP) is -1.18. The van der Waals surface area contributed by atoms with E-state index in [4.69, 9.17) is 20.4 Å². The third-order valence-corrected chi connectivity index (χ3v) is 3.26. The van der Waals surface area contributed by atoms with Crippen LogP contribution in [0.25, 0.3) is 0 Å². The molecule has 0 unspecified atom stereocenters. The lowest BCUT2D eigenvalue weighted by Crippen LogP contribution is -2.26. The van der Waals surface area contributed by atoms with Gasteiger partial charge in [-0.15, -0.1) is 0 Å². The average molecular weight is 190 g/mol. The fourth-order valence-corrected chi connectivity index (χ4v) is 2.43. The molecule has 4 heteroatoms. The Morgan fingerprint density at radius 3 is 1.31 bits per heavy atom. The van der Waals surface area contributed by atoms with E-state index in [1.54, 1.807) is 0 Å². The summed E-state index contributed by atoms with van der Waals surface area (Å²) in [4.78, 5) is 0. The topological polar surface area (TPSA) is 80.9 Å². The lowest BCUT2D eigenvalue weighted by atomic mass is 9.88. The monoisotopic (exact) mass is 190 g/mol. The van der Waals surface area contributed by atoms with Gasteiger partial charge in [0.25, 0.3) is 0 Å². The van der Waals surface area contributed by atoms with E-state index < -0.39 is 0 Å². The highest BCUT2D eigenvalue weighted by atomic mass is 16.3. The first-order valence-electron chi connectivity index (χ1n) is 4.71. The molecule has 1 aliphatic rings. The van der Waals surface area contributed by atoms with Crippen LogP contribution in [0.4, 0.5) is 0 Å². The Bertz CT molecular complexity index is 135. The molecule has 4 atom stereocenters. The highest BCUT2D eigenvalue weighted by Gasteiger charge is 2.41. The first-order valence-corrected chi connectivity index (χ1v) is 4.71. The second kappa shape index (κ2) is 4.91. The summed E-state index contributed by atoms with van der Waals surface area (Å²) in [7, 11) is 0.